The van der Waals surface area contributed by atoms with Crippen molar-refractivity contribution < 1.29 is 23.4 Å². The Morgan fingerprint density at radius 2 is 2.08 bits per heavy atom. The number of hydrogen-bond acceptors (Lipinski definition) is 5. The van der Waals surface area contributed by atoms with Crippen molar-refractivity contribution >= 4 is 22.7 Å². The highest BCUT2D eigenvalue weighted by molar-refractivity contribution is 5.89. The Bertz CT molecular complexity index is 756. The molecule has 24 heavy (non-hydrogen) atoms. The highest BCUT2D eigenvalue weighted by Gasteiger charge is 2.33. The van der Waals surface area contributed by atoms with Gasteiger partial charge in [-0.15, -0.1) is 0 Å². The third kappa shape index (κ3) is 3.14. The smallest absolute Gasteiger partial charge is 0.308 e. The molecule has 0 amide bonds. The van der Waals surface area contributed by atoms with E-state index in [2.05, 4.69) is 9.97 Å². The van der Waals surface area contributed by atoms with Gasteiger partial charge in [0.15, 0.2) is 5.82 Å². The number of para-hydroxylation sites is 1. The molecule has 1 fully saturated rings. The van der Waals surface area contributed by atoms with Crippen LogP contribution in [0.15, 0.2) is 24.3 Å². The molecule has 2 unspecified atom stereocenters. The van der Waals surface area contributed by atoms with Crippen molar-refractivity contribution in [2.24, 2.45) is 5.92 Å². The van der Waals surface area contributed by atoms with Gasteiger partial charge in [-0.05, 0) is 18.6 Å². The van der Waals surface area contributed by atoms with Crippen LogP contribution in [-0.4, -0.2) is 47.3 Å². The number of halogens is 2. The summed E-state index contributed by atoms with van der Waals surface area (Å²) in [6.07, 6.45) is -2.72. The van der Waals surface area contributed by atoms with Gasteiger partial charge in [0, 0.05) is 25.6 Å². The number of ether oxygens (including phenoxy) is 1. The summed E-state index contributed by atoms with van der Waals surface area (Å²) in [6.45, 7) is 0.586. The number of methoxy groups -OCH3 is 1. The zero-order valence-electron chi connectivity index (χ0n) is 13.0. The Kier molecular flexibility index (Phi) is 4.57. The van der Waals surface area contributed by atoms with Crippen LogP contribution >= 0.6 is 0 Å². The number of benzene rings is 1. The van der Waals surface area contributed by atoms with Crippen molar-refractivity contribution in [1.29, 1.82) is 0 Å². The number of aromatic nitrogens is 2. The molecule has 0 bridgehead atoms. The number of alkyl halides is 2. The molecule has 2 atom stereocenters. The molecular weight excluding hydrogens is 320 g/mol. The average molecular weight is 337 g/mol. The molecule has 0 spiro atoms. The Labute approximate surface area is 137 Å². The molecule has 1 aromatic carbocycles. The molecule has 1 aliphatic rings. The molecule has 6 nitrogen and oxygen atoms in total. The fourth-order valence-corrected chi connectivity index (χ4v) is 2.99. The number of carboxylic acid groups (broad SMARTS) is 1. The number of fused-ring (bicyclic) bond motifs is 1. The van der Waals surface area contributed by atoms with Crippen LogP contribution in [0.2, 0.25) is 0 Å². The summed E-state index contributed by atoms with van der Waals surface area (Å²) < 4.78 is 31.6. The maximum atomic E-state index is 13.1. The van der Waals surface area contributed by atoms with Gasteiger partial charge in [0.1, 0.15) is 5.82 Å². The summed E-state index contributed by atoms with van der Waals surface area (Å²) in [4.78, 5) is 21.0. The first kappa shape index (κ1) is 16.5. The highest BCUT2D eigenvalue weighted by Crippen LogP contribution is 2.30. The van der Waals surface area contributed by atoms with Crippen LogP contribution in [0.1, 0.15) is 18.7 Å². The summed E-state index contributed by atoms with van der Waals surface area (Å²) in [5.41, 5.74) is 0.407. The lowest BCUT2D eigenvalue weighted by Crippen LogP contribution is -2.47. The lowest BCUT2D eigenvalue weighted by molar-refractivity contribution is -0.143. The van der Waals surface area contributed by atoms with Gasteiger partial charge in [-0.1, -0.05) is 12.1 Å². The minimum atomic E-state index is -2.80. The maximum Gasteiger partial charge on any atom is 0.308 e. The minimum absolute atomic E-state index is 0.193. The molecule has 8 heteroatoms. The van der Waals surface area contributed by atoms with E-state index >= 15 is 0 Å². The van der Waals surface area contributed by atoms with Crippen LogP contribution in [0.3, 0.4) is 0 Å². The van der Waals surface area contributed by atoms with Crippen molar-refractivity contribution in [1.82, 2.24) is 9.97 Å². The number of anilines is 1. The second-order valence-electron chi connectivity index (χ2n) is 5.76. The topological polar surface area (TPSA) is 75.6 Å². The molecule has 1 aliphatic heterocycles. The first-order valence-electron chi connectivity index (χ1n) is 7.55. The van der Waals surface area contributed by atoms with E-state index in [1.807, 2.05) is 0 Å². The Balaban J connectivity index is 2.07. The molecule has 1 saturated heterocycles. The molecule has 3 rings (SSSR count). The maximum absolute atomic E-state index is 13.1. The Morgan fingerprint density at radius 1 is 1.33 bits per heavy atom. The van der Waals surface area contributed by atoms with E-state index < -0.39 is 24.1 Å². The summed E-state index contributed by atoms with van der Waals surface area (Å²) in [6, 6.07) is 6.86. The third-order valence-electron chi connectivity index (χ3n) is 4.19. The van der Waals surface area contributed by atoms with E-state index in [0.717, 1.165) is 0 Å². The lowest BCUT2D eigenvalue weighted by Gasteiger charge is -2.36. The molecule has 0 radical (unpaired) electrons. The molecule has 0 saturated carbocycles. The molecule has 128 valence electrons. The third-order valence-corrected chi connectivity index (χ3v) is 4.19. The van der Waals surface area contributed by atoms with Gasteiger partial charge in [0.05, 0.1) is 17.5 Å². The largest absolute Gasteiger partial charge is 0.481 e. The summed E-state index contributed by atoms with van der Waals surface area (Å²) in [5, 5.41) is 9.95. The van der Waals surface area contributed by atoms with Crippen LogP contribution in [0.4, 0.5) is 14.6 Å². The van der Waals surface area contributed by atoms with Crippen LogP contribution in [0.5, 0.6) is 0 Å². The van der Waals surface area contributed by atoms with E-state index in [9.17, 15) is 18.7 Å². The van der Waals surface area contributed by atoms with Crippen molar-refractivity contribution in [2.75, 3.05) is 25.1 Å². The summed E-state index contributed by atoms with van der Waals surface area (Å²) in [7, 11) is 1.51. The zero-order chi connectivity index (χ0) is 17.3. The van der Waals surface area contributed by atoms with E-state index in [1.54, 1.807) is 29.2 Å². The van der Waals surface area contributed by atoms with Crippen LogP contribution < -0.4 is 4.90 Å². The van der Waals surface area contributed by atoms with Gasteiger partial charge >= 0.3 is 5.97 Å². The number of aliphatic carboxylic acids is 1. The first-order chi connectivity index (χ1) is 11.5. The van der Waals surface area contributed by atoms with E-state index in [-0.39, 0.29) is 12.6 Å². The van der Waals surface area contributed by atoms with Crippen molar-refractivity contribution in [2.45, 2.75) is 19.0 Å². The molecule has 1 N–H and O–H groups in total. The van der Waals surface area contributed by atoms with Crippen LogP contribution in [0.25, 0.3) is 10.9 Å². The van der Waals surface area contributed by atoms with Crippen molar-refractivity contribution in [3.05, 3.63) is 30.1 Å². The number of carbonyl (C=O) groups is 1. The monoisotopic (exact) mass is 337 g/mol. The van der Waals surface area contributed by atoms with E-state index in [1.165, 1.54) is 7.11 Å². The average Bonchev–Trinajstić information content (AvgIpc) is 2.60. The first-order valence-corrected chi connectivity index (χ1v) is 7.55. The Hall–Kier alpha value is -2.35. The highest BCUT2D eigenvalue weighted by atomic mass is 19.3. The van der Waals surface area contributed by atoms with Gasteiger partial charge in [-0.25, -0.2) is 18.7 Å². The SMILES string of the molecule is COC1CC(C(=O)O)CN(c2nc(C(F)F)nc3ccccc23)C1. The normalized spacial score (nSPS) is 21.4. The number of nitrogens with zero attached hydrogens (tertiary/aromatic N) is 3. The number of hydrogen-bond donors (Lipinski definition) is 1. The predicted octanol–water partition coefficient (Wildman–Crippen LogP) is 2.49. The number of rotatable bonds is 4. The second kappa shape index (κ2) is 6.64. The quantitative estimate of drug-likeness (QED) is 0.924. The van der Waals surface area contributed by atoms with E-state index in [4.69, 9.17) is 4.74 Å². The van der Waals surface area contributed by atoms with Crippen molar-refractivity contribution in [3.63, 3.8) is 0 Å². The van der Waals surface area contributed by atoms with Gasteiger partial charge in [0.2, 0.25) is 0 Å². The molecule has 0 aliphatic carbocycles. The molecule has 1 aromatic heterocycles. The molecular formula is C16H17F2N3O3. The number of carboxylic acids is 1. The van der Waals surface area contributed by atoms with Gasteiger partial charge < -0.3 is 14.7 Å². The van der Waals surface area contributed by atoms with E-state index in [0.29, 0.717) is 29.7 Å². The zero-order valence-corrected chi connectivity index (χ0v) is 13.0. The lowest BCUT2D eigenvalue weighted by atomic mass is 9.95. The minimum Gasteiger partial charge on any atom is -0.481 e. The van der Waals surface area contributed by atoms with Gasteiger partial charge in [-0.3, -0.25) is 4.79 Å². The second-order valence-corrected chi connectivity index (χ2v) is 5.76. The van der Waals surface area contributed by atoms with Crippen LogP contribution in [0, 0.1) is 5.92 Å². The van der Waals surface area contributed by atoms with Gasteiger partial charge in [-0.2, -0.15) is 0 Å². The summed E-state index contributed by atoms with van der Waals surface area (Å²) >= 11 is 0. The number of piperidine rings is 1. The van der Waals surface area contributed by atoms with Gasteiger partial charge in [0.25, 0.3) is 6.43 Å². The fourth-order valence-electron chi connectivity index (χ4n) is 2.99. The molecule has 2 aromatic rings. The standard InChI is InChI=1S/C16H17F2N3O3/c1-24-10-6-9(16(22)23)7-21(8-10)15-11-4-2-3-5-12(11)19-14(20-15)13(17)18/h2-5,9-10,13H,6-8H2,1H3,(H,22,23). The Morgan fingerprint density at radius 3 is 2.75 bits per heavy atom. The van der Waals surface area contributed by atoms with Crippen molar-refractivity contribution in [3.8, 4) is 0 Å². The molecule has 2 heterocycles. The van der Waals surface area contributed by atoms with Crippen LogP contribution in [-0.2, 0) is 9.53 Å². The predicted molar refractivity (Wildman–Crippen MR) is 83.2 cm³/mol. The fraction of sp³-hybridized carbons (Fsp3) is 0.438. The summed E-state index contributed by atoms with van der Waals surface area (Å²) in [5.74, 6) is -1.82.